The highest BCUT2D eigenvalue weighted by Crippen LogP contribution is 2.20. The molecule has 1 saturated heterocycles. The number of nitrogens with zero attached hydrogens (tertiary/aromatic N) is 1. The lowest BCUT2D eigenvalue weighted by atomic mass is 9.93. The van der Waals surface area contributed by atoms with Gasteiger partial charge in [-0.25, -0.2) is 5.84 Å². The second-order valence-corrected chi connectivity index (χ2v) is 3.23. The van der Waals surface area contributed by atoms with Gasteiger partial charge >= 0.3 is 0 Å². The standard InChI is InChI=1S/C8H16N2O/c1-2-3-7-4-5-10(9)8(11)6-7/h7H,2-6,9H2,1H3. The average Bonchev–Trinajstić information content (AvgIpc) is 1.98. The molecule has 0 aromatic heterocycles. The first-order chi connectivity index (χ1) is 5.24. The van der Waals surface area contributed by atoms with E-state index in [0.717, 1.165) is 13.0 Å². The van der Waals surface area contributed by atoms with Crippen LogP contribution in [0.1, 0.15) is 32.6 Å². The van der Waals surface area contributed by atoms with Crippen LogP contribution in [0.4, 0.5) is 0 Å². The predicted octanol–water partition coefficient (Wildman–Crippen LogP) is 0.899. The molecule has 3 heteroatoms. The summed E-state index contributed by atoms with van der Waals surface area (Å²) in [7, 11) is 0. The van der Waals surface area contributed by atoms with Crippen LogP contribution in [-0.2, 0) is 4.79 Å². The monoisotopic (exact) mass is 156 g/mol. The number of hydrogen-bond acceptors (Lipinski definition) is 2. The first-order valence-corrected chi connectivity index (χ1v) is 4.29. The number of nitrogens with two attached hydrogens (primary N) is 1. The minimum Gasteiger partial charge on any atom is -0.281 e. The first-order valence-electron chi connectivity index (χ1n) is 4.29. The van der Waals surface area contributed by atoms with Crippen LogP contribution in [0.5, 0.6) is 0 Å². The van der Waals surface area contributed by atoms with Gasteiger partial charge in [-0.1, -0.05) is 19.8 Å². The summed E-state index contributed by atoms with van der Waals surface area (Å²) in [4.78, 5) is 11.1. The summed E-state index contributed by atoms with van der Waals surface area (Å²) in [5, 5.41) is 1.34. The van der Waals surface area contributed by atoms with Crippen molar-refractivity contribution in [2.45, 2.75) is 32.6 Å². The molecule has 1 aliphatic rings. The lowest BCUT2D eigenvalue weighted by Gasteiger charge is -2.27. The van der Waals surface area contributed by atoms with E-state index in [-0.39, 0.29) is 5.91 Å². The Morgan fingerprint density at radius 3 is 3.00 bits per heavy atom. The molecular formula is C8H16N2O. The van der Waals surface area contributed by atoms with Gasteiger partial charge in [-0.15, -0.1) is 0 Å². The zero-order chi connectivity index (χ0) is 8.27. The lowest BCUT2D eigenvalue weighted by molar-refractivity contribution is -0.135. The van der Waals surface area contributed by atoms with Crippen molar-refractivity contribution in [1.29, 1.82) is 0 Å². The Labute approximate surface area is 67.5 Å². The summed E-state index contributed by atoms with van der Waals surface area (Å²) in [6, 6.07) is 0. The molecule has 11 heavy (non-hydrogen) atoms. The molecule has 0 aromatic carbocycles. The summed E-state index contributed by atoms with van der Waals surface area (Å²) in [6.07, 6.45) is 4.07. The quantitative estimate of drug-likeness (QED) is 0.477. The van der Waals surface area contributed by atoms with Gasteiger partial charge in [0.2, 0.25) is 5.91 Å². The van der Waals surface area contributed by atoms with Crippen LogP contribution in [0, 0.1) is 5.92 Å². The molecule has 0 aromatic rings. The number of hydrogen-bond donors (Lipinski definition) is 1. The third-order valence-electron chi connectivity index (χ3n) is 2.26. The van der Waals surface area contributed by atoms with Gasteiger partial charge in [-0.05, 0) is 12.3 Å². The van der Waals surface area contributed by atoms with Crippen LogP contribution >= 0.6 is 0 Å². The van der Waals surface area contributed by atoms with Crippen molar-refractivity contribution >= 4 is 5.91 Å². The first kappa shape index (κ1) is 8.53. The van der Waals surface area contributed by atoms with Crippen molar-refractivity contribution in [2.75, 3.05) is 6.54 Å². The highest BCUT2D eigenvalue weighted by atomic mass is 16.2. The molecule has 1 aliphatic heterocycles. The number of carbonyl (C=O) groups excluding carboxylic acids is 1. The Bertz CT molecular complexity index is 147. The number of carbonyl (C=O) groups is 1. The van der Waals surface area contributed by atoms with Gasteiger partial charge in [0, 0.05) is 13.0 Å². The third kappa shape index (κ3) is 2.19. The van der Waals surface area contributed by atoms with Crippen molar-refractivity contribution in [1.82, 2.24) is 5.01 Å². The molecule has 0 aliphatic carbocycles. The molecule has 1 amide bonds. The third-order valence-corrected chi connectivity index (χ3v) is 2.26. The van der Waals surface area contributed by atoms with Gasteiger partial charge in [0.15, 0.2) is 0 Å². The SMILES string of the molecule is CCCC1CCN(N)C(=O)C1. The van der Waals surface area contributed by atoms with E-state index in [1.165, 1.54) is 17.9 Å². The van der Waals surface area contributed by atoms with E-state index in [9.17, 15) is 4.79 Å². The zero-order valence-electron chi connectivity index (χ0n) is 7.05. The topological polar surface area (TPSA) is 46.3 Å². The van der Waals surface area contributed by atoms with Crippen LogP contribution in [0.15, 0.2) is 0 Å². The van der Waals surface area contributed by atoms with Gasteiger partial charge in [-0.3, -0.25) is 9.80 Å². The molecule has 1 fully saturated rings. The molecule has 1 unspecified atom stereocenters. The van der Waals surface area contributed by atoms with E-state index in [1.807, 2.05) is 0 Å². The van der Waals surface area contributed by atoms with Gasteiger partial charge in [0.25, 0.3) is 0 Å². The van der Waals surface area contributed by atoms with Crippen molar-refractivity contribution in [3.05, 3.63) is 0 Å². The zero-order valence-corrected chi connectivity index (χ0v) is 7.05. The van der Waals surface area contributed by atoms with Gasteiger partial charge < -0.3 is 0 Å². The number of piperidine rings is 1. The molecule has 0 saturated carbocycles. The van der Waals surface area contributed by atoms with Gasteiger partial charge in [-0.2, -0.15) is 0 Å². The van der Waals surface area contributed by atoms with Crippen molar-refractivity contribution < 1.29 is 4.79 Å². The summed E-state index contributed by atoms with van der Waals surface area (Å²) in [6.45, 7) is 2.89. The number of amides is 1. The molecule has 2 N–H and O–H groups in total. The van der Waals surface area contributed by atoms with Gasteiger partial charge in [0.1, 0.15) is 0 Å². The number of hydrazine groups is 1. The van der Waals surface area contributed by atoms with E-state index in [4.69, 9.17) is 5.84 Å². The molecule has 1 rings (SSSR count). The fourth-order valence-corrected chi connectivity index (χ4v) is 1.57. The Balaban J connectivity index is 2.34. The van der Waals surface area contributed by atoms with E-state index in [1.54, 1.807) is 0 Å². The highest BCUT2D eigenvalue weighted by molar-refractivity contribution is 5.76. The summed E-state index contributed by atoms with van der Waals surface area (Å²) in [5.41, 5.74) is 0. The molecule has 1 atom stereocenters. The van der Waals surface area contributed by atoms with Crippen LogP contribution in [0.3, 0.4) is 0 Å². The Morgan fingerprint density at radius 1 is 1.73 bits per heavy atom. The summed E-state index contributed by atoms with van der Waals surface area (Å²) >= 11 is 0. The van der Waals surface area contributed by atoms with Crippen LogP contribution in [-0.4, -0.2) is 17.5 Å². The fourth-order valence-electron chi connectivity index (χ4n) is 1.57. The van der Waals surface area contributed by atoms with Gasteiger partial charge in [0.05, 0.1) is 0 Å². The molecule has 0 spiro atoms. The molecular weight excluding hydrogens is 140 g/mol. The van der Waals surface area contributed by atoms with E-state index < -0.39 is 0 Å². The van der Waals surface area contributed by atoms with E-state index in [2.05, 4.69) is 6.92 Å². The molecule has 0 radical (unpaired) electrons. The largest absolute Gasteiger partial charge is 0.281 e. The smallest absolute Gasteiger partial charge is 0.236 e. The minimum atomic E-state index is 0.106. The van der Waals surface area contributed by atoms with Crippen molar-refractivity contribution in [2.24, 2.45) is 11.8 Å². The van der Waals surface area contributed by atoms with Crippen molar-refractivity contribution in [3.8, 4) is 0 Å². The van der Waals surface area contributed by atoms with Crippen LogP contribution in [0.2, 0.25) is 0 Å². The Hall–Kier alpha value is -0.570. The molecule has 3 nitrogen and oxygen atoms in total. The Kier molecular flexibility index (Phi) is 2.88. The summed E-state index contributed by atoms with van der Waals surface area (Å²) < 4.78 is 0. The normalized spacial score (nSPS) is 25.8. The van der Waals surface area contributed by atoms with Crippen LogP contribution in [0.25, 0.3) is 0 Å². The highest BCUT2D eigenvalue weighted by Gasteiger charge is 2.22. The second kappa shape index (κ2) is 3.72. The Morgan fingerprint density at radius 2 is 2.45 bits per heavy atom. The second-order valence-electron chi connectivity index (χ2n) is 3.23. The van der Waals surface area contributed by atoms with E-state index >= 15 is 0 Å². The molecule has 1 heterocycles. The lowest BCUT2D eigenvalue weighted by Crippen LogP contribution is -2.43. The minimum absolute atomic E-state index is 0.106. The van der Waals surface area contributed by atoms with Crippen LogP contribution < -0.4 is 5.84 Å². The number of rotatable bonds is 2. The predicted molar refractivity (Wildman–Crippen MR) is 43.5 cm³/mol. The fraction of sp³-hybridized carbons (Fsp3) is 0.875. The maximum Gasteiger partial charge on any atom is 0.236 e. The van der Waals surface area contributed by atoms with E-state index in [0.29, 0.717) is 12.3 Å². The molecule has 64 valence electrons. The maximum atomic E-state index is 11.1. The maximum absolute atomic E-state index is 11.1. The van der Waals surface area contributed by atoms with Crippen molar-refractivity contribution in [3.63, 3.8) is 0 Å². The average molecular weight is 156 g/mol. The molecule has 0 bridgehead atoms. The summed E-state index contributed by atoms with van der Waals surface area (Å²) in [5.74, 6) is 6.12.